The van der Waals surface area contributed by atoms with Crippen molar-refractivity contribution in [2.45, 2.75) is 19.4 Å². The molecule has 1 aliphatic rings. The molecular weight excluding hydrogens is 256 g/mol. The van der Waals surface area contributed by atoms with Gasteiger partial charge in [-0.1, -0.05) is 24.3 Å². The van der Waals surface area contributed by atoms with Crippen molar-refractivity contribution in [3.63, 3.8) is 0 Å². The fourth-order valence-electron chi connectivity index (χ4n) is 2.09. The van der Waals surface area contributed by atoms with E-state index >= 15 is 0 Å². The first kappa shape index (κ1) is 12.6. The minimum absolute atomic E-state index is 0.0440. The predicted octanol–water partition coefficient (Wildman–Crippen LogP) is 1.18. The van der Waals surface area contributed by atoms with Gasteiger partial charge >= 0.3 is 0 Å². The number of nitrogens with one attached hydrogen (secondary N) is 2. The van der Waals surface area contributed by atoms with E-state index < -0.39 is 0 Å². The summed E-state index contributed by atoms with van der Waals surface area (Å²) < 4.78 is 0. The van der Waals surface area contributed by atoms with Crippen molar-refractivity contribution in [1.82, 2.24) is 15.4 Å². The van der Waals surface area contributed by atoms with Crippen molar-refractivity contribution < 1.29 is 9.90 Å². The Bertz CT molecular complexity index is 658. The highest BCUT2D eigenvalue weighted by molar-refractivity contribution is 6.04. The van der Waals surface area contributed by atoms with Crippen LogP contribution in [0.15, 0.2) is 35.6 Å². The van der Waals surface area contributed by atoms with E-state index in [-0.39, 0.29) is 12.5 Å². The molecular formula is C14H14N4O2. The van der Waals surface area contributed by atoms with Gasteiger partial charge in [-0.05, 0) is 5.56 Å². The van der Waals surface area contributed by atoms with E-state index in [9.17, 15) is 4.79 Å². The number of aromatic nitrogens is 2. The molecule has 102 valence electrons. The van der Waals surface area contributed by atoms with Gasteiger partial charge in [0.05, 0.1) is 24.2 Å². The van der Waals surface area contributed by atoms with Crippen LogP contribution in [0.2, 0.25) is 0 Å². The van der Waals surface area contributed by atoms with Crippen LogP contribution in [0.1, 0.15) is 24.1 Å². The summed E-state index contributed by atoms with van der Waals surface area (Å²) in [5.41, 5.74) is 5.98. The molecule has 0 bridgehead atoms. The molecule has 20 heavy (non-hydrogen) atoms. The summed E-state index contributed by atoms with van der Waals surface area (Å²) in [6, 6.07) is 7.78. The third-order valence-electron chi connectivity index (χ3n) is 3.19. The summed E-state index contributed by atoms with van der Waals surface area (Å²) in [7, 11) is 0. The van der Waals surface area contributed by atoms with E-state index in [1.165, 1.54) is 0 Å². The van der Waals surface area contributed by atoms with Crippen LogP contribution in [0, 0.1) is 0 Å². The second-order valence-electron chi connectivity index (χ2n) is 4.59. The molecule has 3 rings (SSSR count). The van der Waals surface area contributed by atoms with Crippen LogP contribution in [-0.2, 0) is 11.4 Å². The number of imidazole rings is 1. The van der Waals surface area contributed by atoms with E-state index in [2.05, 4.69) is 20.5 Å². The third-order valence-corrected chi connectivity index (χ3v) is 3.19. The number of benzene rings is 1. The maximum absolute atomic E-state index is 11.1. The Kier molecular flexibility index (Phi) is 3.30. The Morgan fingerprint density at radius 2 is 1.90 bits per heavy atom. The lowest BCUT2D eigenvalue weighted by Crippen LogP contribution is -2.25. The van der Waals surface area contributed by atoms with Crippen molar-refractivity contribution in [2.75, 3.05) is 0 Å². The molecule has 0 unspecified atom stereocenters. The monoisotopic (exact) mass is 270 g/mol. The zero-order chi connectivity index (χ0) is 13.9. The van der Waals surface area contributed by atoms with Crippen molar-refractivity contribution in [3.8, 4) is 11.4 Å². The number of nitrogens with zero attached hydrogens (tertiary/aromatic N) is 2. The van der Waals surface area contributed by atoms with E-state index in [0.717, 1.165) is 22.7 Å². The molecule has 0 saturated carbocycles. The number of hydrazone groups is 1. The fraction of sp³-hybridized carbons (Fsp3) is 0.214. The molecule has 1 aromatic carbocycles. The first-order valence-corrected chi connectivity index (χ1v) is 6.37. The predicted molar refractivity (Wildman–Crippen MR) is 73.9 cm³/mol. The summed E-state index contributed by atoms with van der Waals surface area (Å²) in [5, 5.41) is 13.1. The summed E-state index contributed by atoms with van der Waals surface area (Å²) in [5.74, 6) is 0.678. The second-order valence-corrected chi connectivity index (χ2v) is 4.59. The number of hydrogen-bond acceptors (Lipinski definition) is 4. The van der Waals surface area contributed by atoms with Crippen LogP contribution in [0.5, 0.6) is 0 Å². The van der Waals surface area contributed by atoms with Crippen LogP contribution < -0.4 is 5.43 Å². The first-order chi connectivity index (χ1) is 9.76. The van der Waals surface area contributed by atoms with E-state index in [0.29, 0.717) is 18.5 Å². The molecule has 3 N–H and O–H groups in total. The minimum Gasteiger partial charge on any atom is -0.390 e. The topological polar surface area (TPSA) is 90.4 Å². The highest BCUT2D eigenvalue weighted by Crippen LogP contribution is 2.18. The smallest absolute Gasteiger partial charge is 0.240 e. The van der Waals surface area contributed by atoms with Crippen LogP contribution >= 0.6 is 0 Å². The largest absolute Gasteiger partial charge is 0.390 e. The standard InChI is InChI=1S/C14H14N4O2/c19-8-11-7-15-14(16-11)10-3-1-9(2-4-10)12-5-6-13(20)18-17-12/h1-4,7,19H,5-6,8H2,(H,15,16)(H,18,20). The molecule has 0 fully saturated rings. The number of hydrogen-bond donors (Lipinski definition) is 3. The Labute approximate surface area is 115 Å². The van der Waals surface area contributed by atoms with Crippen LogP contribution in [0.25, 0.3) is 11.4 Å². The Hall–Kier alpha value is -2.47. The van der Waals surface area contributed by atoms with Crippen LogP contribution in [0.3, 0.4) is 0 Å². The van der Waals surface area contributed by atoms with Gasteiger partial charge in [0, 0.05) is 18.4 Å². The molecule has 2 aromatic rings. The van der Waals surface area contributed by atoms with Gasteiger partial charge in [-0.25, -0.2) is 10.4 Å². The van der Waals surface area contributed by atoms with E-state index in [4.69, 9.17) is 5.11 Å². The normalized spacial score (nSPS) is 14.8. The quantitative estimate of drug-likeness (QED) is 0.782. The molecule has 0 radical (unpaired) electrons. The highest BCUT2D eigenvalue weighted by atomic mass is 16.3. The molecule has 1 amide bonds. The second kappa shape index (κ2) is 5.26. The average molecular weight is 270 g/mol. The molecule has 0 aliphatic carbocycles. The lowest BCUT2D eigenvalue weighted by Gasteiger charge is -2.12. The van der Waals surface area contributed by atoms with Gasteiger partial charge in [0.25, 0.3) is 0 Å². The number of amides is 1. The van der Waals surface area contributed by atoms with Gasteiger partial charge in [0.1, 0.15) is 5.82 Å². The molecule has 6 nitrogen and oxygen atoms in total. The summed E-state index contributed by atoms with van der Waals surface area (Å²) in [4.78, 5) is 18.3. The van der Waals surface area contributed by atoms with Crippen LogP contribution in [-0.4, -0.2) is 26.7 Å². The number of carbonyl (C=O) groups is 1. The number of carbonyl (C=O) groups excluding carboxylic acids is 1. The number of aliphatic hydroxyl groups is 1. The lowest BCUT2D eigenvalue weighted by molar-refractivity contribution is -0.121. The van der Waals surface area contributed by atoms with Gasteiger partial charge in [0.2, 0.25) is 5.91 Å². The molecule has 2 heterocycles. The van der Waals surface area contributed by atoms with Gasteiger partial charge in [-0.2, -0.15) is 5.10 Å². The summed E-state index contributed by atoms with van der Waals surface area (Å²) in [6.07, 6.45) is 2.74. The van der Waals surface area contributed by atoms with Crippen molar-refractivity contribution in [2.24, 2.45) is 5.10 Å². The third kappa shape index (κ3) is 2.46. The van der Waals surface area contributed by atoms with Crippen LogP contribution in [0.4, 0.5) is 0 Å². The van der Waals surface area contributed by atoms with Crippen molar-refractivity contribution in [1.29, 1.82) is 0 Å². The lowest BCUT2D eigenvalue weighted by atomic mass is 10.0. The fourth-order valence-corrected chi connectivity index (χ4v) is 2.09. The van der Waals surface area contributed by atoms with Crippen molar-refractivity contribution in [3.05, 3.63) is 41.7 Å². The summed E-state index contributed by atoms with van der Waals surface area (Å²) in [6.45, 7) is -0.0540. The van der Waals surface area contributed by atoms with Gasteiger partial charge in [0.15, 0.2) is 0 Å². The Morgan fingerprint density at radius 1 is 1.15 bits per heavy atom. The number of rotatable bonds is 3. The SMILES string of the molecule is O=C1CCC(c2ccc(-c3ncc(CO)[nH]3)cc2)=NN1. The Balaban J connectivity index is 1.82. The summed E-state index contributed by atoms with van der Waals surface area (Å²) >= 11 is 0. The molecule has 0 spiro atoms. The van der Waals surface area contributed by atoms with E-state index in [1.807, 2.05) is 24.3 Å². The number of aromatic amines is 1. The maximum atomic E-state index is 11.1. The molecule has 1 aromatic heterocycles. The molecule has 0 saturated heterocycles. The van der Waals surface area contributed by atoms with Crippen molar-refractivity contribution >= 4 is 11.6 Å². The molecule has 0 atom stereocenters. The molecule has 6 heteroatoms. The van der Waals surface area contributed by atoms with Gasteiger partial charge in [-0.15, -0.1) is 0 Å². The minimum atomic E-state index is -0.0540. The maximum Gasteiger partial charge on any atom is 0.240 e. The molecule has 1 aliphatic heterocycles. The Morgan fingerprint density at radius 3 is 2.50 bits per heavy atom. The number of aliphatic hydroxyl groups excluding tert-OH is 1. The van der Waals surface area contributed by atoms with E-state index in [1.54, 1.807) is 6.20 Å². The average Bonchev–Trinajstić information content (AvgIpc) is 2.97. The van der Waals surface area contributed by atoms with Gasteiger partial charge < -0.3 is 10.1 Å². The number of H-pyrrole nitrogens is 1. The highest BCUT2D eigenvalue weighted by Gasteiger charge is 2.13. The zero-order valence-corrected chi connectivity index (χ0v) is 10.8. The zero-order valence-electron chi connectivity index (χ0n) is 10.8. The first-order valence-electron chi connectivity index (χ1n) is 6.37. The van der Waals surface area contributed by atoms with Gasteiger partial charge in [-0.3, -0.25) is 4.79 Å².